The van der Waals surface area contributed by atoms with Crippen LogP contribution in [0.4, 0.5) is 10.8 Å². The zero-order valence-electron chi connectivity index (χ0n) is 17.0. The quantitative estimate of drug-likeness (QED) is 0.628. The molecule has 3 aromatic rings. The van der Waals surface area contributed by atoms with Crippen molar-refractivity contribution in [3.8, 4) is 17.4 Å². The van der Waals surface area contributed by atoms with E-state index in [1.54, 1.807) is 48.9 Å². The van der Waals surface area contributed by atoms with Gasteiger partial charge in [0, 0.05) is 30.6 Å². The summed E-state index contributed by atoms with van der Waals surface area (Å²) < 4.78 is 11.0. The lowest BCUT2D eigenvalue weighted by molar-refractivity contribution is -0.120. The third-order valence-corrected chi connectivity index (χ3v) is 6.07. The molecule has 7 nitrogen and oxygen atoms in total. The maximum absolute atomic E-state index is 12.9. The fourth-order valence-corrected chi connectivity index (χ4v) is 4.23. The molecular weight excluding hydrogens is 400 g/mol. The van der Waals surface area contributed by atoms with Crippen LogP contribution >= 0.6 is 11.3 Å². The molecule has 3 heterocycles. The number of carbonyl (C=O) groups excluding carboxylic acids is 1. The van der Waals surface area contributed by atoms with Crippen LogP contribution in [-0.4, -0.2) is 36.1 Å². The maximum Gasteiger partial charge on any atom is 0.243 e. The average molecular weight is 425 g/mol. The number of ether oxygens (including phenoxy) is 2. The monoisotopic (exact) mass is 424 g/mol. The minimum Gasteiger partial charge on any atom is -0.497 e. The van der Waals surface area contributed by atoms with Crippen LogP contribution in [0.25, 0.3) is 0 Å². The van der Waals surface area contributed by atoms with Gasteiger partial charge in [-0.25, -0.2) is 9.97 Å². The van der Waals surface area contributed by atoms with Crippen molar-refractivity contribution in [1.82, 2.24) is 9.97 Å². The Labute approximate surface area is 179 Å². The first-order chi connectivity index (χ1) is 14.6. The van der Waals surface area contributed by atoms with E-state index in [2.05, 4.69) is 25.6 Å². The molecule has 1 amide bonds. The molecule has 30 heavy (non-hydrogen) atoms. The van der Waals surface area contributed by atoms with Crippen molar-refractivity contribution in [2.24, 2.45) is 5.92 Å². The Morgan fingerprint density at radius 3 is 2.57 bits per heavy atom. The first kappa shape index (κ1) is 20.2. The third-order valence-electron chi connectivity index (χ3n) is 5.05. The van der Waals surface area contributed by atoms with Gasteiger partial charge in [0.2, 0.25) is 11.8 Å². The number of anilines is 2. The van der Waals surface area contributed by atoms with E-state index in [1.807, 2.05) is 19.1 Å². The number of pyridine rings is 1. The normalized spacial score (nSPS) is 14.4. The first-order valence-electron chi connectivity index (χ1n) is 9.87. The van der Waals surface area contributed by atoms with E-state index in [-0.39, 0.29) is 11.8 Å². The highest BCUT2D eigenvalue weighted by atomic mass is 32.1. The lowest BCUT2D eigenvalue weighted by Crippen LogP contribution is -2.38. The van der Waals surface area contributed by atoms with Crippen LogP contribution < -0.4 is 19.7 Å². The highest BCUT2D eigenvalue weighted by molar-refractivity contribution is 7.13. The van der Waals surface area contributed by atoms with E-state index < -0.39 is 0 Å². The van der Waals surface area contributed by atoms with Crippen molar-refractivity contribution < 1.29 is 14.3 Å². The smallest absolute Gasteiger partial charge is 0.243 e. The lowest BCUT2D eigenvalue weighted by atomic mass is 9.96. The Hall–Kier alpha value is -3.13. The molecule has 1 aromatic carbocycles. The van der Waals surface area contributed by atoms with E-state index in [4.69, 9.17) is 9.47 Å². The minimum absolute atomic E-state index is 0.00227. The van der Waals surface area contributed by atoms with Gasteiger partial charge in [-0.1, -0.05) is 0 Å². The summed E-state index contributed by atoms with van der Waals surface area (Å²) in [6, 6.07) is 10.8. The number of rotatable bonds is 6. The van der Waals surface area contributed by atoms with Crippen LogP contribution in [0.5, 0.6) is 17.4 Å². The predicted octanol–water partition coefficient (Wildman–Crippen LogP) is 4.50. The largest absolute Gasteiger partial charge is 0.497 e. The van der Waals surface area contributed by atoms with Gasteiger partial charge < -0.3 is 19.7 Å². The molecule has 2 aromatic heterocycles. The van der Waals surface area contributed by atoms with Gasteiger partial charge in [-0.15, -0.1) is 11.3 Å². The molecule has 0 unspecified atom stereocenters. The van der Waals surface area contributed by atoms with Crippen LogP contribution in [0.1, 0.15) is 18.5 Å². The number of nitrogens with zero attached hydrogens (tertiary/aromatic N) is 3. The number of aromatic nitrogens is 2. The fraction of sp³-hybridized carbons (Fsp3) is 0.318. The van der Waals surface area contributed by atoms with E-state index in [1.165, 1.54) is 0 Å². The molecule has 1 N–H and O–H groups in total. The highest BCUT2D eigenvalue weighted by Gasteiger charge is 2.27. The van der Waals surface area contributed by atoms with Gasteiger partial charge in [-0.05, 0) is 56.2 Å². The SMILES string of the molecule is COc1ccc(Oc2ncccc2NC(=O)C2CCN(c3nc(C)cs3)CC2)cc1. The second-order valence-corrected chi connectivity index (χ2v) is 7.99. The molecule has 0 radical (unpaired) electrons. The first-order valence-corrected chi connectivity index (χ1v) is 10.7. The molecule has 0 spiro atoms. The van der Waals surface area contributed by atoms with Crippen molar-refractivity contribution >= 4 is 28.1 Å². The maximum atomic E-state index is 12.9. The summed E-state index contributed by atoms with van der Waals surface area (Å²) in [5.41, 5.74) is 1.60. The second kappa shape index (κ2) is 9.13. The van der Waals surface area contributed by atoms with Gasteiger partial charge >= 0.3 is 0 Å². The fourth-order valence-electron chi connectivity index (χ4n) is 3.38. The molecular formula is C22H24N4O3S. The van der Waals surface area contributed by atoms with Crippen molar-refractivity contribution in [1.29, 1.82) is 0 Å². The standard InChI is InChI=1S/C22H24N4O3S/c1-15-14-30-22(24-15)26-12-9-16(10-13-26)20(27)25-19-4-3-11-23-21(19)29-18-7-5-17(28-2)6-8-18/h3-8,11,14,16H,9-10,12-13H2,1-2H3,(H,25,27). The number of thiazole rings is 1. The summed E-state index contributed by atoms with van der Waals surface area (Å²) in [6.07, 6.45) is 3.22. The number of nitrogens with one attached hydrogen (secondary N) is 1. The van der Waals surface area contributed by atoms with E-state index >= 15 is 0 Å². The number of hydrogen-bond donors (Lipinski definition) is 1. The Kier molecular flexibility index (Phi) is 6.13. The highest BCUT2D eigenvalue weighted by Crippen LogP contribution is 2.30. The van der Waals surface area contributed by atoms with Gasteiger partial charge in [0.25, 0.3) is 0 Å². The summed E-state index contributed by atoms with van der Waals surface area (Å²) in [7, 11) is 1.62. The van der Waals surface area contributed by atoms with Gasteiger partial charge in [-0.2, -0.15) is 0 Å². The van der Waals surface area contributed by atoms with Gasteiger partial charge in [0.1, 0.15) is 17.2 Å². The summed E-state index contributed by atoms with van der Waals surface area (Å²) in [5.74, 6) is 1.69. The molecule has 0 bridgehead atoms. The van der Waals surface area contributed by atoms with Gasteiger partial charge in [-0.3, -0.25) is 4.79 Å². The molecule has 1 aliphatic heterocycles. The number of methoxy groups -OCH3 is 1. The van der Waals surface area contributed by atoms with Crippen LogP contribution in [0.3, 0.4) is 0 Å². The Bertz CT molecular complexity index is 998. The van der Waals surface area contributed by atoms with Gasteiger partial charge in [0.15, 0.2) is 5.13 Å². The van der Waals surface area contributed by atoms with E-state index in [0.717, 1.165) is 42.5 Å². The van der Waals surface area contributed by atoms with Crippen LogP contribution in [-0.2, 0) is 4.79 Å². The topological polar surface area (TPSA) is 76.6 Å². The van der Waals surface area contributed by atoms with Gasteiger partial charge in [0.05, 0.1) is 12.8 Å². The van der Waals surface area contributed by atoms with Crippen LogP contribution in [0, 0.1) is 12.8 Å². The van der Waals surface area contributed by atoms with E-state index in [0.29, 0.717) is 17.3 Å². The molecule has 0 atom stereocenters. The molecule has 1 fully saturated rings. The van der Waals surface area contributed by atoms with Crippen molar-refractivity contribution in [2.45, 2.75) is 19.8 Å². The average Bonchev–Trinajstić information content (AvgIpc) is 3.22. The number of benzene rings is 1. The molecule has 0 saturated carbocycles. The summed E-state index contributed by atoms with van der Waals surface area (Å²) in [4.78, 5) is 23.9. The number of aryl methyl sites for hydroxylation is 1. The molecule has 1 aliphatic rings. The van der Waals surface area contributed by atoms with Crippen molar-refractivity contribution in [3.05, 3.63) is 53.7 Å². The summed E-state index contributed by atoms with van der Waals surface area (Å²) >= 11 is 1.66. The Balaban J connectivity index is 1.37. The Morgan fingerprint density at radius 1 is 1.17 bits per heavy atom. The molecule has 0 aliphatic carbocycles. The summed E-state index contributed by atoms with van der Waals surface area (Å²) in [6.45, 7) is 3.65. The number of amides is 1. The second-order valence-electron chi connectivity index (χ2n) is 7.16. The van der Waals surface area contributed by atoms with E-state index in [9.17, 15) is 4.79 Å². The van der Waals surface area contributed by atoms with Crippen LogP contribution in [0.2, 0.25) is 0 Å². The summed E-state index contributed by atoms with van der Waals surface area (Å²) in [5, 5.41) is 6.09. The number of carbonyl (C=O) groups is 1. The molecule has 1 saturated heterocycles. The minimum atomic E-state index is -0.0450. The van der Waals surface area contributed by atoms with Crippen molar-refractivity contribution in [3.63, 3.8) is 0 Å². The van der Waals surface area contributed by atoms with Crippen molar-refractivity contribution in [2.75, 3.05) is 30.4 Å². The molecule has 4 rings (SSSR count). The molecule has 8 heteroatoms. The zero-order chi connectivity index (χ0) is 20.9. The third kappa shape index (κ3) is 4.71. The number of hydrogen-bond acceptors (Lipinski definition) is 7. The van der Waals surface area contributed by atoms with Crippen LogP contribution in [0.15, 0.2) is 48.0 Å². The lowest BCUT2D eigenvalue weighted by Gasteiger charge is -2.31. The molecule has 156 valence electrons. The number of piperidine rings is 1. The zero-order valence-corrected chi connectivity index (χ0v) is 17.8. The predicted molar refractivity (Wildman–Crippen MR) is 118 cm³/mol. The Morgan fingerprint density at radius 2 is 1.90 bits per heavy atom.